The van der Waals surface area contributed by atoms with Gasteiger partial charge in [0.25, 0.3) is 0 Å². The van der Waals surface area contributed by atoms with Crippen LogP contribution in [0.3, 0.4) is 0 Å². The van der Waals surface area contributed by atoms with Crippen molar-refractivity contribution < 1.29 is 19.1 Å². The van der Waals surface area contributed by atoms with E-state index in [1.807, 2.05) is 51.1 Å². The Hall–Kier alpha value is -2.40. The van der Waals surface area contributed by atoms with E-state index in [1.54, 1.807) is 13.2 Å². The largest absolute Gasteiger partial charge is 0.447 e. The second kappa shape index (κ2) is 13.7. The number of nitrogens with zero attached hydrogens (tertiary/aromatic N) is 1. The van der Waals surface area contributed by atoms with E-state index in [-0.39, 0.29) is 24.7 Å². The number of allylic oxidation sites excluding steroid dienone is 2. The Morgan fingerprint density at radius 2 is 2.00 bits per heavy atom. The average Bonchev–Trinajstić information content (AvgIpc) is 3.11. The molecule has 29 heavy (non-hydrogen) atoms. The molecule has 2 amide bonds. The lowest BCUT2D eigenvalue weighted by Crippen LogP contribution is -2.40. The average molecular weight is 402 g/mol. The highest BCUT2D eigenvalue weighted by atomic mass is 16.6. The van der Waals surface area contributed by atoms with E-state index in [4.69, 9.17) is 9.47 Å². The van der Waals surface area contributed by atoms with Gasteiger partial charge in [-0.3, -0.25) is 4.79 Å². The molecule has 0 bridgehead atoms. The Labute approximate surface area is 175 Å². The molecule has 0 aromatic heterocycles. The molecule has 0 spiro atoms. The molecule has 1 aromatic carbocycles. The molecule has 1 aromatic rings. The molecule has 2 rings (SSSR count). The van der Waals surface area contributed by atoms with E-state index in [0.717, 1.165) is 24.0 Å². The SMILES string of the molecule is C=CC(CC/C=C(/C)CCC(=O)N1C(=O)OCC1Cc1ccccc1)OC.CC. The lowest BCUT2D eigenvalue weighted by atomic mass is 10.0. The van der Waals surface area contributed by atoms with Crippen molar-refractivity contribution >= 4 is 12.0 Å². The summed E-state index contributed by atoms with van der Waals surface area (Å²) in [6, 6.07) is 9.61. The highest BCUT2D eigenvalue weighted by Gasteiger charge is 2.37. The minimum Gasteiger partial charge on any atom is -0.447 e. The number of carbonyl (C=O) groups excluding carboxylic acids is 2. The zero-order valence-electron chi connectivity index (χ0n) is 18.2. The maximum atomic E-state index is 12.6. The van der Waals surface area contributed by atoms with E-state index in [2.05, 4.69) is 12.7 Å². The van der Waals surface area contributed by atoms with Gasteiger partial charge < -0.3 is 9.47 Å². The van der Waals surface area contributed by atoms with Gasteiger partial charge in [-0.1, -0.05) is 61.9 Å². The van der Waals surface area contributed by atoms with Gasteiger partial charge >= 0.3 is 6.09 Å². The monoisotopic (exact) mass is 401 g/mol. The van der Waals surface area contributed by atoms with Crippen molar-refractivity contribution in [2.24, 2.45) is 0 Å². The third-order valence-electron chi connectivity index (χ3n) is 4.79. The second-order valence-electron chi connectivity index (χ2n) is 6.82. The molecule has 0 radical (unpaired) electrons. The predicted octanol–water partition coefficient (Wildman–Crippen LogP) is 5.31. The van der Waals surface area contributed by atoms with Crippen LogP contribution in [-0.2, 0) is 20.7 Å². The van der Waals surface area contributed by atoms with E-state index in [1.165, 1.54) is 4.90 Å². The number of methoxy groups -OCH3 is 1. The van der Waals surface area contributed by atoms with Crippen molar-refractivity contribution in [3.05, 3.63) is 60.2 Å². The van der Waals surface area contributed by atoms with Crippen LogP contribution in [0.25, 0.3) is 0 Å². The van der Waals surface area contributed by atoms with Gasteiger partial charge in [-0.25, -0.2) is 9.69 Å². The van der Waals surface area contributed by atoms with Crippen molar-refractivity contribution in [1.29, 1.82) is 0 Å². The van der Waals surface area contributed by atoms with Gasteiger partial charge in [-0.05, 0) is 38.2 Å². The van der Waals surface area contributed by atoms with Crippen LogP contribution in [0.5, 0.6) is 0 Å². The van der Waals surface area contributed by atoms with Crippen LogP contribution < -0.4 is 0 Å². The van der Waals surface area contributed by atoms with Crippen LogP contribution >= 0.6 is 0 Å². The number of benzene rings is 1. The Morgan fingerprint density at radius 1 is 1.31 bits per heavy atom. The molecule has 5 nitrogen and oxygen atoms in total. The van der Waals surface area contributed by atoms with Crippen LogP contribution in [0.1, 0.15) is 52.0 Å². The van der Waals surface area contributed by atoms with Crippen molar-refractivity contribution in [3.63, 3.8) is 0 Å². The highest BCUT2D eigenvalue weighted by molar-refractivity contribution is 5.93. The Bertz CT molecular complexity index is 669. The van der Waals surface area contributed by atoms with Crippen molar-refractivity contribution in [2.75, 3.05) is 13.7 Å². The molecule has 0 aliphatic carbocycles. The number of carbonyl (C=O) groups is 2. The van der Waals surface area contributed by atoms with Crippen LogP contribution in [-0.4, -0.2) is 42.8 Å². The van der Waals surface area contributed by atoms with E-state index in [0.29, 0.717) is 19.3 Å². The zero-order valence-corrected chi connectivity index (χ0v) is 18.2. The number of hydrogen-bond acceptors (Lipinski definition) is 4. The first kappa shape index (κ1) is 24.6. The van der Waals surface area contributed by atoms with Gasteiger partial charge in [0.05, 0.1) is 12.1 Å². The minimum atomic E-state index is -0.531. The molecule has 1 fully saturated rings. The molecule has 1 aliphatic heterocycles. The summed E-state index contributed by atoms with van der Waals surface area (Å²) >= 11 is 0. The molecular formula is C24H35NO4. The maximum Gasteiger partial charge on any atom is 0.416 e. The van der Waals surface area contributed by atoms with Crippen LogP contribution in [0.2, 0.25) is 0 Å². The normalized spacial score (nSPS) is 17.2. The summed E-state index contributed by atoms with van der Waals surface area (Å²) in [4.78, 5) is 25.9. The van der Waals surface area contributed by atoms with Gasteiger partial charge in [-0.15, -0.1) is 6.58 Å². The molecule has 0 saturated carbocycles. The van der Waals surface area contributed by atoms with Gasteiger partial charge in [0.15, 0.2) is 0 Å². The first-order valence-corrected chi connectivity index (χ1v) is 10.4. The lowest BCUT2D eigenvalue weighted by Gasteiger charge is -2.19. The van der Waals surface area contributed by atoms with E-state index < -0.39 is 6.09 Å². The summed E-state index contributed by atoms with van der Waals surface area (Å²) in [6.45, 7) is 10.0. The highest BCUT2D eigenvalue weighted by Crippen LogP contribution is 2.20. The van der Waals surface area contributed by atoms with Crippen molar-refractivity contribution in [3.8, 4) is 0 Å². The first-order chi connectivity index (χ1) is 14.0. The molecular weight excluding hydrogens is 366 g/mol. The zero-order chi connectivity index (χ0) is 21.6. The number of amides is 2. The predicted molar refractivity (Wildman–Crippen MR) is 117 cm³/mol. The fourth-order valence-electron chi connectivity index (χ4n) is 3.16. The molecule has 1 heterocycles. The van der Waals surface area contributed by atoms with Gasteiger partial charge in [-0.2, -0.15) is 0 Å². The molecule has 160 valence electrons. The second-order valence-corrected chi connectivity index (χ2v) is 6.82. The summed E-state index contributed by atoms with van der Waals surface area (Å²) in [5.74, 6) is -0.174. The molecule has 0 N–H and O–H groups in total. The molecule has 5 heteroatoms. The third-order valence-corrected chi connectivity index (χ3v) is 4.79. The number of hydrogen-bond donors (Lipinski definition) is 0. The lowest BCUT2D eigenvalue weighted by molar-refractivity contribution is -0.129. The van der Waals surface area contributed by atoms with Gasteiger partial charge in [0, 0.05) is 13.5 Å². The van der Waals surface area contributed by atoms with Crippen LogP contribution in [0, 0.1) is 0 Å². The summed E-state index contributed by atoms with van der Waals surface area (Å²) in [6.07, 6.45) is 6.71. The smallest absolute Gasteiger partial charge is 0.416 e. The summed E-state index contributed by atoms with van der Waals surface area (Å²) < 4.78 is 10.4. The summed E-state index contributed by atoms with van der Waals surface area (Å²) in [5.41, 5.74) is 2.22. The summed E-state index contributed by atoms with van der Waals surface area (Å²) in [5, 5.41) is 0. The summed E-state index contributed by atoms with van der Waals surface area (Å²) in [7, 11) is 1.67. The number of ether oxygens (including phenoxy) is 2. The topological polar surface area (TPSA) is 55.8 Å². The van der Waals surface area contributed by atoms with Crippen molar-refractivity contribution in [2.45, 2.75) is 65.0 Å². The van der Waals surface area contributed by atoms with Gasteiger partial charge in [0.2, 0.25) is 5.91 Å². The molecule has 1 aliphatic rings. The number of cyclic esters (lactones) is 1. The fourth-order valence-corrected chi connectivity index (χ4v) is 3.16. The van der Waals surface area contributed by atoms with E-state index >= 15 is 0 Å². The third kappa shape index (κ3) is 8.24. The molecule has 2 unspecified atom stereocenters. The number of rotatable bonds is 10. The quantitative estimate of drug-likeness (QED) is 0.499. The van der Waals surface area contributed by atoms with Crippen LogP contribution in [0.15, 0.2) is 54.6 Å². The maximum absolute atomic E-state index is 12.6. The van der Waals surface area contributed by atoms with Crippen molar-refractivity contribution in [1.82, 2.24) is 4.90 Å². The Balaban J connectivity index is 0.00000204. The molecule has 2 atom stereocenters. The minimum absolute atomic E-state index is 0.0498. The number of imide groups is 1. The first-order valence-electron chi connectivity index (χ1n) is 10.4. The standard InChI is InChI=1S/C22H29NO4.C2H6/c1-4-20(26-3)12-8-9-17(2)13-14-21(24)23-19(16-27-22(23)25)15-18-10-6-5-7-11-18;1-2/h4-7,9-11,19-20H,1,8,12-16H2,2-3H3;1-2H3/b17-9-;. The van der Waals surface area contributed by atoms with Gasteiger partial charge in [0.1, 0.15) is 6.61 Å². The molecule has 1 saturated heterocycles. The van der Waals surface area contributed by atoms with E-state index in [9.17, 15) is 9.59 Å². The Kier molecular flexibility index (Phi) is 11.7. The fraction of sp³-hybridized carbons (Fsp3) is 0.500. The van der Waals surface area contributed by atoms with Crippen LogP contribution in [0.4, 0.5) is 4.79 Å². The Morgan fingerprint density at radius 3 is 2.62 bits per heavy atom.